The van der Waals surface area contributed by atoms with Crippen LogP contribution in [0.2, 0.25) is 0 Å². The molecule has 31 heavy (non-hydrogen) atoms. The van der Waals surface area contributed by atoms with Crippen LogP contribution >= 0.6 is 0 Å². The molecule has 0 fully saturated rings. The summed E-state index contributed by atoms with van der Waals surface area (Å²) >= 11 is 0. The zero-order valence-corrected chi connectivity index (χ0v) is 17.5. The van der Waals surface area contributed by atoms with Crippen molar-refractivity contribution in [2.45, 2.75) is 13.0 Å². The largest absolute Gasteiger partial charge is 0.494 e. The van der Waals surface area contributed by atoms with Crippen LogP contribution in [-0.2, 0) is 9.53 Å². The summed E-state index contributed by atoms with van der Waals surface area (Å²) in [5.41, 5.74) is 15.9. The third-order valence-corrected chi connectivity index (χ3v) is 4.74. The summed E-state index contributed by atoms with van der Waals surface area (Å²) < 4.78 is 10.8. The number of nitrogens with two attached hydrogens (primary N) is 2. The van der Waals surface area contributed by atoms with Crippen LogP contribution in [0.5, 0.6) is 5.75 Å². The first-order valence-corrected chi connectivity index (χ1v) is 9.83. The van der Waals surface area contributed by atoms with Gasteiger partial charge >= 0.3 is 5.97 Å². The molecule has 6 N–H and O–H groups in total. The molecule has 1 unspecified atom stereocenters. The minimum absolute atomic E-state index is 0.0211. The van der Waals surface area contributed by atoms with Gasteiger partial charge in [-0.3, -0.25) is 5.41 Å². The van der Waals surface area contributed by atoms with E-state index in [-0.39, 0.29) is 5.84 Å². The summed E-state index contributed by atoms with van der Waals surface area (Å²) in [5, 5.41) is 10.7. The minimum Gasteiger partial charge on any atom is -0.494 e. The maximum atomic E-state index is 12.7. The van der Waals surface area contributed by atoms with Gasteiger partial charge in [-0.15, -0.1) is 0 Å². The fourth-order valence-corrected chi connectivity index (χ4v) is 3.23. The third-order valence-electron chi connectivity index (χ3n) is 4.74. The van der Waals surface area contributed by atoms with E-state index in [1.165, 1.54) is 7.11 Å². The topological polar surface area (TPSA) is 123 Å². The van der Waals surface area contributed by atoms with Gasteiger partial charge in [0.15, 0.2) is 6.04 Å². The van der Waals surface area contributed by atoms with Crippen LogP contribution in [0, 0.1) is 5.41 Å². The number of anilines is 2. The second kappa shape index (κ2) is 9.67. The summed E-state index contributed by atoms with van der Waals surface area (Å²) in [5.74, 6) is 0.176. The molecule has 3 aromatic carbocycles. The molecule has 0 aliphatic carbocycles. The van der Waals surface area contributed by atoms with E-state index in [1.54, 1.807) is 24.3 Å². The predicted octanol–water partition coefficient (Wildman–Crippen LogP) is 3.94. The molecule has 0 amide bonds. The number of ether oxygens (including phenoxy) is 2. The van der Waals surface area contributed by atoms with Gasteiger partial charge < -0.3 is 26.3 Å². The molecule has 0 bridgehead atoms. The van der Waals surface area contributed by atoms with Crippen molar-refractivity contribution in [1.29, 1.82) is 5.41 Å². The Hall–Kier alpha value is -4.00. The first-order valence-electron chi connectivity index (χ1n) is 9.83. The number of methoxy groups -OCH3 is 1. The van der Waals surface area contributed by atoms with Gasteiger partial charge in [0.1, 0.15) is 11.6 Å². The summed E-state index contributed by atoms with van der Waals surface area (Å²) in [6.45, 7) is 2.39. The Bertz CT molecular complexity index is 1080. The number of hydrogen-bond donors (Lipinski definition) is 4. The van der Waals surface area contributed by atoms with Crippen molar-refractivity contribution < 1.29 is 14.3 Å². The van der Waals surface area contributed by atoms with Gasteiger partial charge in [-0.05, 0) is 78.2 Å². The Morgan fingerprint density at radius 1 is 1.06 bits per heavy atom. The van der Waals surface area contributed by atoms with Crippen LogP contribution in [-0.4, -0.2) is 25.5 Å². The highest BCUT2D eigenvalue weighted by molar-refractivity contribution is 5.95. The van der Waals surface area contributed by atoms with Crippen molar-refractivity contribution >= 4 is 23.2 Å². The van der Waals surface area contributed by atoms with E-state index in [9.17, 15) is 4.79 Å². The fraction of sp³-hybridized carbons (Fsp3) is 0.167. The number of rotatable bonds is 8. The van der Waals surface area contributed by atoms with E-state index >= 15 is 0 Å². The second-order valence-electron chi connectivity index (χ2n) is 6.94. The molecule has 3 aromatic rings. The Balaban J connectivity index is 2.03. The van der Waals surface area contributed by atoms with Crippen molar-refractivity contribution in [1.82, 2.24) is 0 Å². The van der Waals surface area contributed by atoms with E-state index < -0.39 is 12.0 Å². The molecule has 0 aliphatic rings. The smallest absolute Gasteiger partial charge is 0.332 e. The molecule has 0 saturated carbocycles. The first-order chi connectivity index (χ1) is 14.9. The summed E-state index contributed by atoms with van der Waals surface area (Å²) in [7, 11) is 1.35. The standard InChI is InChI=1S/C24H26N4O3/c1-3-31-21-13-17(16-5-4-6-19(25)12-16)11-18(14-21)22(24(29)30-2)28-20-9-7-15(8-10-20)23(26)27/h4-14,22,28H,3,25H2,1-2H3,(H3,26,27). The van der Waals surface area contributed by atoms with Gasteiger partial charge in [0.25, 0.3) is 0 Å². The minimum atomic E-state index is -0.770. The summed E-state index contributed by atoms with van der Waals surface area (Å²) in [6, 6.07) is 19.4. The molecule has 7 heteroatoms. The average molecular weight is 418 g/mol. The van der Waals surface area contributed by atoms with Crippen molar-refractivity contribution in [2.75, 3.05) is 24.8 Å². The average Bonchev–Trinajstić information content (AvgIpc) is 2.77. The SMILES string of the molecule is CCOc1cc(-c2cccc(N)c2)cc(C(Nc2ccc(C(=N)N)cc2)C(=O)OC)c1. The van der Waals surface area contributed by atoms with Gasteiger partial charge in [0, 0.05) is 16.9 Å². The summed E-state index contributed by atoms with van der Waals surface area (Å²) in [6.07, 6.45) is 0. The normalized spacial score (nSPS) is 11.4. The first kappa shape index (κ1) is 21.7. The zero-order chi connectivity index (χ0) is 22.4. The lowest BCUT2D eigenvalue weighted by molar-refractivity contribution is -0.141. The summed E-state index contributed by atoms with van der Waals surface area (Å²) in [4.78, 5) is 12.7. The molecule has 3 rings (SSSR count). The molecule has 7 nitrogen and oxygen atoms in total. The Kier molecular flexibility index (Phi) is 6.77. The third kappa shape index (κ3) is 5.33. The molecule has 0 spiro atoms. The van der Waals surface area contributed by atoms with E-state index in [0.717, 1.165) is 11.1 Å². The number of amidine groups is 1. The van der Waals surface area contributed by atoms with Crippen LogP contribution in [0.4, 0.5) is 11.4 Å². The quantitative estimate of drug-likeness (QED) is 0.190. The molecule has 0 radical (unpaired) electrons. The van der Waals surface area contributed by atoms with Gasteiger partial charge in [0.2, 0.25) is 0 Å². The maximum absolute atomic E-state index is 12.7. The number of esters is 1. The van der Waals surface area contributed by atoms with Crippen LogP contribution < -0.4 is 21.5 Å². The zero-order valence-electron chi connectivity index (χ0n) is 17.5. The van der Waals surface area contributed by atoms with E-state index in [1.807, 2.05) is 49.4 Å². The Morgan fingerprint density at radius 3 is 2.42 bits per heavy atom. The number of nitrogen functional groups attached to an aromatic ring is 2. The highest BCUT2D eigenvalue weighted by atomic mass is 16.5. The van der Waals surface area contributed by atoms with Crippen molar-refractivity contribution in [3.05, 3.63) is 77.9 Å². The van der Waals surface area contributed by atoms with Gasteiger partial charge in [-0.2, -0.15) is 0 Å². The van der Waals surface area contributed by atoms with Crippen LogP contribution in [0.3, 0.4) is 0 Å². The predicted molar refractivity (Wildman–Crippen MR) is 123 cm³/mol. The highest BCUT2D eigenvalue weighted by Crippen LogP contribution is 2.32. The number of hydrogen-bond acceptors (Lipinski definition) is 6. The molecule has 160 valence electrons. The van der Waals surface area contributed by atoms with Gasteiger partial charge in [0.05, 0.1) is 13.7 Å². The fourth-order valence-electron chi connectivity index (χ4n) is 3.23. The molecule has 0 aromatic heterocycles. The van der Waals surface area contributed by atoms with E-state index in [4.69, 9.17) is 26.4 Å². The van der Waals surface area contributed by atoms with Crippen molar-refractivity contribution in [3.8, 4) is 16.9 Å². The molecule has 0 saturated heterocycles. The van der Waals surface area contributed by atoms with Crippen molar-refractivity contribution in [2.24, 2.45) is 5.73 Å². The lowest BCUT2D eigenvalue weighted by atomic mass is 9.98. The Morgan fingerprint density at radius 2 is 1.81 bits per heavy atom. The monoisotopic (exact) mass is 418 g/mol. The molecular weight excluding hydrogens is 392 g/mol. The van der Waals surface area contributed by atoms with Crippen LogP contribution in [0.25, 0.3) is 11.1 Å². The highest BCUT2D eigenvalue weighted by Gasteiger charge is 2.23. The molecule has 1 atom stereocenters. The molecule has 0 aliphatic heterocycles. The lowest BCUT2D eigenvalue weighted by Gasteiger charge is -2.20. The van der Waals surface area contributed by atoms with Crippen LogP contribution in [0.15, 0.2) is 66.7 Å². The van der Waals surface area contributed by atoms with Gasteiger partial charge in [-0.1, -0.05) is 12.1 Å². The lowest BCUT2D eigenvalue weighted by Crippen LogP contribution is -2.22. The van der Waals surface area contributed by atoms with Crippen LogP contribution in [0.1, 0.15) is 24.1 Å². The Labute approximate surface area is 181 Å². The maximum Gasteiger partial charge on any atom is 0.332 e. The molecular formula is C24H26N4O3. The van der Waals surface area contributed by atoms with E-state index in [0.29, 0.717) is 34.9 Å². The number of carbonyl (C=O) groups excluding carboxylic acids is 1. The number of nitrogens with one attached hydrogen (secondary N) is 2. The second-order valence-corrected chi connectivity index (χ2v) is 6.94. The van der Waals surface area contributed by atoms with E-state index in [2.05, 4.69) is 5.32 Å². The number of carbonyl (C=O) groups is 1. The van der Waals surface area contributed by atoms with Gasteiger partial charge in [-0.25, -0.2) is 4.79 Å². The molecule has 0 heterocycles. The number of benzene rings is 3. The van der Waals surface area contributed by atoms with Crippen molar-refractivity contribution in [3.63, 3.8) is 0 Å².